The zero-order chi connectivity index (χ0) is 14.3. The third-order valence-electron chi connectivity index (χ3n) is 4.41. The predicted octanol–water partition coefficient (Wildman–Crippen LogP) is 1.96. The molecule has 2 aromatic rings. The Morgan fingerprint density at radius 1 is 1.50 bits per heavy atom. The van der Waals surface area contributed by atoms with Crippen LogP contribution in [0.4, 0.5) is 0 Å². The molecular formula is C16H21N3O. The van der Waals surface area contributed by atoms with Crippen LogP contribution in [0, 0.1) is 0 Å². The maximum atomic E-state index is 11.5. The van der Waals surface area contributed by atoms with Crippen molar-refractivity contribution in [3.8, 4) is 0 Å². The van der Waals surface area contributed by atoms with E-state index in [1.165, 1.54) is 16.5 Å². The van der Waals surface area contributed by atoms with Crippen LogP contribution in [-0.2, 0) is 17.6 Å². The Kier molecular flexibility index (Phi) is 3.26. The van der Waals surface area contributed by atoms with Gasteiger partial charge in [0.05, 0.1) is 5.92 Å². The molecule has 1 amide bonds. The maximum absolute atomic E-state index is 11.5. The standard InChI is InChI=1S/C16H21N3O/c1-2-11(16(18)20)15-8-13-12-7-10(17)5-3-9(12)4-6-14(13)19-15/h4,6,8,10-11,19H,2-3,5,7,17H2,1H3,(H2,18,20). The highest BCUT2D eigenvalue weighted by Crippen LogP contribution is 2.31. The molecule has 1 aromatic carbocycles. The molecule has 0 saturated carbocycles. The Bertz CT molecular complexity index is 659. The number of rotatable bonds is 3. The van der Waals surface area contributed by atoms with Crippen molar-refractivity contribution in [2.24, 2.45) is 11.5 Å². The normalized spacial score (nSPS) is 19.8. The molecule has 106 valence electrons. The van der Waals surface area contributed by atoms with Gasteiger partial charge in [0.25, 0.3) is 0 Å². The third kappa shape index (κ3) is 2.10. The molecule has 2 atom stereocenters. The Morgan fingerprint density at radius 2 is 2.30 bits per heavy atom. The lowest BCUT2D eigenvalue weighted by Crippen LogP contribution is -2.27. The fraction of sp³-hybridized carbons (Fsp3) is 0.438. The van der Waals surface area contributed by atoms with Gasteiger partial charge in [-0.2, -0.15) is 0 Å². The highest BCUT2D eigenvalue weighted by Gasteiger charge is 2.22. The van der Waals surface area contributed by atoms with Gasteiger partial charge in [0.2, 0.25) is 5.91 Å². The number of amides is 1. The van der Waals surface area contributed by atoms with Gasteiger partial charge in [-0.05, 0) is 48.9 Å². The lowest BCUT2D eigenvalue weighted by Gasteiger charge is -2.21. The number of benzene rings is 1. The van der Waals surface area contributed by atoms with Crippen LogP contribution in [0.5, 0.6) is 0 Å². The van der Waals surface area contributed by atoms with E-state index in [0.717, 1.165) is 30.5 Å². The van der Waals surface area contributed by atoms with Gasteiger partial charge in [-0.15, -0.1) is 0 Å². The first-order valence-electron chi connectivity index (χ1n) is 7.28. The van der Waals surface area contributed by atoms with Gasteiger partial charge in [0, 0.05) is 22.6 Å². The SMILES string of the molecule is CCC(C(N)=O)c1cc2c3c(ccc2[nH]1)CCC(N)C3. The van der Waals surface area contributed by atoms with Gasteiger partial charge in [0.1, 0.15) is 0 Å². The summed E-state index contributed by atoms with van der Waals surface area (Å²) < 4.78 is 0. The Balaban J connectivity index is 2.11. The highest BCUT2D eigenvalue weighted by molar-refractivity contribution is 5.89. The summed E-state index contributed by atoms with van der Waals surface area (Å²) in [5.74, 6) is -0.514. The van der Waals surface area contributed by atoms with Gasteiger partial charge in [-0.1, -0.05) is 13.0 Å². The summed E-state index contributed by atoms with van der Waals surface area (Å²) in [7, 11) is 0. The molecule has 3 rings (SSSR count). The van der Waals surface area contributed by atoms with Gasteiger partial charge in [0.15, 0.2) is 0 Å². The molecule has 0 saturated heterocycles. The van der Waals surface area contributed by atoms with E-state index in [1.807, 2.05) is 6.92 Å². The average molecular weight is 271 g/mol. The van der Waals surface area contributed by atoms with E-state index in [9.17, 15) is 4.79 Å². The largest absolute Gasteiger partial charge is 0.369 e. The summed E-state index contributed by atoms with van der Waals surface area (Å²) in [6.07, 6.45) is 3.72. The number of carbonyl (C=O) groups excluding carboxylic acids is 1. The lowest BCUT2D eigenvalue weighted by atomic mass is 9.86. The highest BCUT2D eigenvalue weighted by atomic mass is 16.1. The van der Waals surface area contributed by atoms with Crippen molar-refractivity contribution in [2.75, 3.05) is 0 Å². The number of H-pyrrole nitrogens is 1. The molecule has 1 aromatic heterocycles. The molecule has 1 aliphatic rings. The fourth-order valence-electron chi connectivity index (χ4n) is 3.27. The van der Waals surface area contributed by atoms with Crippen LogP contribution < -0.4 is 11.5 Å². The number of aromatic nitrogens is 1. The number of hydrogen-bond acceptors (Lipinski definition) is 2. The van der Waals surface area contributed by atoms with Crippen LogP contribution in [0.15, 0.2) is 18.2 Å². The summed E-state index contributed by atoms with van der Waals surface area (Å²) in [5, 5.41) is 1.20. The number of aromatic amines is 1. The number of hydrogen-bond donors (Lipinski definition) is 3. The van der Waals surface area contributed by atoms with Crippen LogP contribution in [0.2, 0.25) is 0 Å². The molecule has 4 nitrogen and oxygen atoms in total. The van der Waals surface area contributed by atoms with Crippen molar-refractivity contribution in [1.82, 2.24) is 4.98 Å². The second-order valence-corrected chi connectivity index (χ2v) is 5.76. The first-order valence-corrected chi connectivity index (χ1v) is 7.28. The Morgan fingerprint density at radius 3 is 3.00 bits per heavy atom. The minimum absolute atomic E-state index is 0.240. The molecule has 0 fully saturated rings. The minimum Gasteiger partial charge on any atom is -0.369 e. The van der Waals surface area contributed by atoms with E-state index in [-0.39, 0.29) is 17.9 Å². The number of fused-ring (bicyclic) bond motifs is 3. The first-order chi connectivity index (χ1) is 9.60. The zero-order valence-corrected chi connectivity index (χ0v) is 11.8. The van der Waals surface area contributed by atoms with E-state index >= 15 is 0 Å². The van der Waals surface area contributed by atoms with Gasteiger partial charge < -0.3 is 16.5 Å². The molecule has 0 aliphatic heterocycles. The third-order valence-corrected chi connectivity index (χ3v) is 4.41. The number of nitrogens with one attached hydrogen (secondary N) is 1. The van der Waals surface area contributed by atoms with Crippen molar-refractivity contribution in [2.45, 2.75) is 44.6 Å². The minimum atomic E-state index is -0.273. The Labute approximate surface area is 118 Å². The molecule has 4 heteroatoms. The maximum Gasteiger partial charge on any atom is 0.226 e. The van der Waals surface area contributed by atoms with Crippen LogP contribution in [0.1, 0.15) is 42.5 Å². The zero-order valence-electron chi connectivity index (χ0n) is 11.8. The van der Waals surface area contributed by atoms with E-state index in [4.69, 9.17) is 11.5 Å². The Hall–Kier alpha value is -1.81. The van der Waals surface area contributed by atoms with Crippen molar-refractivity contribution in [3.63, 3.8) is 0 Å². The molecule has 0 spiro atoms. The fourth-order valence-corrected chi connectivity index (χ4v) is 3.27. The van der Waals surface area contributed by atoms with Crippen LogP contribution in [0.25, 0.3) is 10.9 Å². The smallest absolute Gasteiger partial charge is 0.226 e. The monoisotopic (exact) mass is 271 g/mol. The van der Waals surface area contributed by atoms with E-state index in [2.05, 4.69) is 23.2 Å². The predicted molar refractivity (Wildman–Crippen MR) is 80.5 cm³/mol. The molecule has 5 N–H and O–H groups in total. The number of aryl methyl sites for hydroxylation is 1. The molecule has 20 heavy (non-hydrogen) atoms. The first kappa shape index (κ1) is 13.2. The van der Waals surface area contributed by atoms with E-state index in [1.54, 1.807) is 0 Å². The lowest BCUT2D eigenvalue weighted by molar-refractivity contribution is -0.119. The summed E-state index contributed by atoms with van der Waals surface area (Å²) in [4.78, 5) is 14.9. The quantitative estimate of drug-likeness (QED) is 0.797. The second-order valence-electron chi connectivity index (χ2n) is 5.76. The molecule has 0 bridgehead atoms. The summed E-state index contributed by atoms with van der Waals surface area (Å²) >= 11 is 0. The summed E-state index contributed by atoms with van der Waals surface area (Å²) in [5.41, 5.74) is 16.3. The van der Waals surface area contributed by atoms with Gasteiger partial charge >= 0.3 is 0 Å². The molecule has 0 radical (unpaired) electrons. The summed E-state index contributed by atoms with van der Waals surface area (Å²) in [6, 6.07) is 6.60. The topological polar surface area (TPSA) is 84.9 Å². The van der Waals surface area contributed by atoms with E-state index in [0.29, 0.717) is 6.42 Å². The van der Waals surface area contributed by atoms with Crippen LogP contribution >= 0.6 is 0 Å². The average Bonchev–Trinajstić information content (AvgIpc) is 2.83. The number of primary amides is 1. The molecular weight excluding hydrogens is 250 g/mol. The van der Waals surface area contributed by atoms with Gasteiger partial charge in [-0.3, -0.25) is 4.79 Å². The van der Waals surface area contributed by atoms with Crippen LogP contribution in [0.3, 0.4) is 0 Å². The van der Waals surface area contributed by atoms with Crippen molar-refractivity contribution in [3.05, 3.63) is 35.0 Å². The number of carbonyl (C=O) groups is 1. The summed E-state index contributed by atoms with van der Waals surface area (Å²) in [6.45, 7) is 1.98. The van der Waals surface area contributed by atoms with Gasteiger partial charge in [-0.25, -0.2) is 0 Å². The molecule has 2 unspecified atom stereocenters. The van der Waals surface area contributed by atoms with Crippen molar-refractivity contribution < 1.29 is 4.79 Å². The van der Waals surface area contributed by atoms with E-state index < -0.39 is 0 Å². The van der Waals surface area contributed by atoms with Crippen molar-refractivity contribution in [1.29, 1.82) is 0 Å². The second kappa shape index (κ2) is 4.94. The molecule has 1 aliphatic carbocycles. The molecule has 1 heterocycles. The van der Waals surface area contributed by atoms with Crippen molar-refractivity contribution >= 4 is 16.8 Å². The van der Waals surface area contributed by atoms with Crippen LogP contribution in [-0.4, -0.2) is 16.9 Å². The number of nitrogens with two attached hydrogens (primary N) is 2.